The Morgan fingerprint density at radius 3 is 2.35 bits per heavy atom. The van der Waals surface area contributed by atoms with Crippen molar-refractivity contribution in [3.63, 3.8) is 0 Å². The standard InChI is InChI=1S/C18H19N3O2/c1-12(14-7-9-19-10-8-14)11-17-20-18(21-23-17)16-5-3-15(4-6-16)13(2)22/h3-10,12-13,22H,11H2,1-2H3/t12?,13-/m0/s1. The van der Waals surface area contributed by atoms with Gasteiger partial charge < -0.3 is 9.63 Å². The van der Waals surface area contributed by atoms with Gasteiger partial charge in [0.2, 0.25) is 11.7 Å². The molecule has 0 aliphatic heterocycles. The molecule has 5 heteroatoms. The van der Waals surface area contributed by atoms with Gasteiger partial charge in [-0.05, 0) is 36.1 Å². The Morgan fingerprint density at radius 1 is 1.00 bits per heavy atom. The first-order valence-corrected chi connectivity index (χ1v) is 7.64. The lowest BCUT2D eigenvalue weighted by Crippen LogP contribution is -1.98. The normalized spacial score (nSPS) is 13.7. The first-order valence-electron chi connectivity index (χ1n) is 7.64. The molecule has 2 heterocycles. The molecule has 0 bridgehead atoms. The molecule has 0 aliphatic rings. The third kappa shape index (κ3) is 3.63. The van der Waals surface area contributed by atoms with Crippen LogP contribution >= 0.6 is 0 Å². The van der Waals surface area contributed by atoms with E-state index in [0.717, 1.165) is 11.1 Å². The van der Waals surface area contributed by atoms with Crippen LogP contribution in [0.2, 0.25) is 0 Å². The molecule has 0 saturated carbocycles. The van der Waals surface area contributed by atoms with Crippen LogP contribution in [0.5, 0.6) is 0 Å². The summed E-state index contributed by atoms with van der Waals surface area (Å²) in [7, 11) is 0. The monoisotopic (exact) mass is 309 g/mol. The van der Waals surface area contributed by atoms with E-state index in [4.69, 9.17) is 4.52 Å². The first-order chi connectivity index (χ1) is 11.1. The molecular formula is C18H19N3O2. The molecule has 5 nitrogen and oxygen atoms in total. The van der Waals surface area contributed by atoms with Crippen molar-refractivity contribution >= 4 is 0 Å². The first kappa shape index (κ1) is 15.4. The van der Waals surface area contributed by atoms with Gasteiger partial charge in [-0.3, -0.25) is 4.98 Å². The van der Waals surface area contributed by atoms with E-state index in [0.29, 0.717) is 18.1 Å². The fraction of sp³-hybridized carbons (Fsp3) is 0.278. The molecule has 3 rings (SSSR count). The van der Waals surface area contributed by atoms with E-state index >= 15 is 0 Å². The predicted octanol–water partition coefficient (Wildman–Crippen LogP) is 3.53. The maximum absolute atomic E-state index is 9.54. The Bertz CT molecular complexity index is 751. The maximum atomic E-state index is 9.54. The van der Waals surface area contributed by atoms with Gasteiger partial charge >= 0.3 is 0 Å². The summed E-state index contributed by atoms with van der Waals surface area (Å²) in [4.78, 5) is 8.49. The Hall–Kier alpha value is -2.53. The fourth-order valence-electron chi connectivity index (χ4n) is 2.44. The van der Waals surface area contributed by atoms with Crippen molar-refractivity contribution in [2.75, 3.05) is 0 Å². The molecule has 2 atom stereocenters. The quantitative estimate of drug-likeness (QED) is 0.780. The smallest absolute Gasteiger partial charge is 0.227 e. The van der Waals surface area contributed by atoms with Gasteiger partial charge in [0.1, 0.15) is 0 Å². The minimum atomic E-state index is -0.480. The van der Waals surface area contributed by atoms with Crippen molar-refractivity contribution in [2.45, 2.75) is 32.3 Å². The lowest BCUT2D eigenvalue weighted by molar-refractivity contribution is 0.199. The van der Waals surface area contributed by atoms with Crippen LogP contribution in [0.15, 0.2) is 53.3 Å². The van der Waals surface area contributed by atoms with Gasteiger partial charge in [-0.1, -0.05) is 36.3 Å². The Morgan fingerprint density at radius 2 is 1.70 bits per heavy atom. The van der Waals surface area contributed by atoms with Crippen LogP contribution in [0.1, 0.15) is 42.9 Å². The van der Waals surface area contributed by atoms with Gasteiger partial charge in [0.25, 0.3) is 0 Å². The van der Waals surface area contributed by atoms with Crippen LogP contribution in [0.4, 0.5) is 0 Å². The molecule has 1 aromatic carbocycles. The number of aliphatic hydroxyl groups is 1. The van der Waals surface area contributed by atoms with Gasteiger partial charge in [0.15, 0.2) is 0 Å². The minimum absolute atomic E-state index is 0.281. The second kappa shape index (κ2) is 6.71. The number of nitrogens with zero attached hydrogens (tertiary/aromatic N) is 3. The Kier molecular flexibility index (Phi) is 4.48. The molecule has 118 valence electrons. The van der Waals surface area contributed by atoms with E-state index in [1.165, 1.54) is 5.56 Å². The van der Waals surface area contributed by atoms with E-state index in [-0.39, 0.29) is 5.92 Å². The number of hydrogen-bond donors (Lipinski definition) is 1. The molecule has 0 spiro atoms. The topological polar surface area (TPSA) is 72.0 Å². The number of pyridine rings is 1. The van der Waals surface area contributed by atoms with E-state index in [1.54, 1.807) is 19.3 Å². The molecule has 23 heavy (non-hydrogen) atoms. The highest BCUT2D eigenvalue weighted by Crippen LogP contribution is 2.22. The molecular weight excluding hydrogens is 290 g/mol. The van der Waals surface area contributed by atoms with Gasteiger partial charge in [-0.25, -0.2) is 0 Å². The van der Waals surface area contributed by atoms with Gasteiger partial charge in [-0.15, -0.1) is 0 Å². The Balaban J connectivity index is 1.73. The predicted molar refractivity (Wildman–Crippen MR) is 86.7 cm³/mol. The lowest BCUT2D eigenvalue weighted by Gasteiger charge is -2.07. The van der Waals surface area contributed by atoms with Crippen molar-refractivity contribution in [2.24, 2.45) is 0 Å². The maximum Gasteiger partial charge on any atom is 0.227 e. The van der Waals surface area contributed by atoms with Gasteiger partial charge in [0.05, 0.1) is 6.10 Å². The van der Waals surface area contributed by atoms with Crippen molar-refractivity contribution in [3.8, 4) is 11.4 Å². The lowest BCUT2D eigenvalue weighted by atomic mass is 9.99. The molecule has 1 N–H and O–H groups in total. The largest absolute Gasteiger partial charge is 0.389 e. The number of aliphatic hydroxyl groups excluding tert-OH is 1. The van der Waals surface area contributed by atoms with Crippen LogP contribution in [0.3, 0.4) is 0 Å². The molecule has 0 aliphatic carbocycles. The highest BCUT2D eigenvalue weighted by Gasteiger charge is 2.13. The molecule has 2 aromatic heterocycles. The summed E-state index contributed by atoms with van der Waals surface area (Å²) in [6.07, 6.45) is 3.78. The van der Waals surface area contributed by atoms with Crippen LogP contribution in [-0.2, 0) is 6.42 Å². The van der Waals surface area contributed by atoms with Crippen molar-refractivity contribution in [1.82, 2.24) is 15.1 Å². The number of rotatable bonds is 5. The van der Waals surface area contributed by atoms with Crippen molar-refractivity contribution < 1.29 is 9.63 Å². The van der Waals surface area contributed by atoms with Crippen molar-refractivity contribution in [3.05, 3.63) is 65.8 Å². The fourth-order valence-corrected chi connectivity index (χ4v) is 2.44. The zero-order valence-corrected chi connectivity index (χ0v) is 13.2. The molecule has 3 aromatic rings. The second-order valence-electron chi connectivity index (χ2n) is 5.70. The van der Waals surface area contributed by atoms with Crippen molar-refractivity contribution in [1.29, 1.82) is 0 Å². The average molecular weight is 309 g/mol. The highest BCUT2D eigenvalue weighted by molar-refractivity contribution is 5.54. The summed E-state index contributed by atoms with van der Waals surface area (Å²) in [5, 5.41) is 13.6. The van der Waals surface area contributed by atoms with Gasteiger partial charge in [0, 0.05) is 24.4 Å². The highest BCUT2D eigenvalue weighted by atomic mass is 16.5. The summed E-state index contributed by atoms with van der Waals surface area (Å²) in [6.45, 7) is 3.86. The zero-order chi connectivity index (χ0) is 16.2. The summed E-state index contributed by atoms with van der Waals surface area (Å²) < 4.78 is 5.36. The Labute approximate surface area is 135 Å². The van der Waals surface area contributed by atoms with E-state index in [1.807, 2.05) is 36.4 Å². The third-order valence-corrected chi connectivity index (χ3v) is 3.88. The number of benzene rings is 1. The van der Waals surface area contributed by atoms with Crippen LogP contribution in [-0.4, -0.2) is 20.2 Å². The minimum Gasteiger partial charge on any atom is -0.389 e. The summed E-state index contributed by atoms with van der Waals surface area (Å²) in [6, 6.07) is 11.5. The second-order valence-corrected chi connectivity index (χ2v) is 5.70. The van der Waals surface area contributed by atoms with Crippen LogP contribution in [0, 0.1) is 0 Å². The van der Waals surface area contributed by atoms with Crippen LogP contribution in [0.25, 0.3) is 11.4 Å². The SMILES string of the molecule is CC(Cc1nc(-c2ccc([C@H](C)O)cc2)no1)c1ccncc1. The summed E-state index contributed by atoms with van der Waals surface area (Å²) >= 11 is 0. The summed E-state index contributed by atoms with van der Waals surface area (Å²) in [5.41, 5.74) is 2.94. The van der Waals surface area contributed by atoms with Gasteiger partial charge in [-0.2, -0.15) is 4.98 Å². The zero-order valence-electron chi connectivity index (χ0n) is 13.2. The molecule has 0 saturated heterocycles. The van der Waals surface area contributed by atoms with Crippen LogP contribution < -0.4 is 0 Å². The number of hydrogen-bond acceptors (Lipinski definition) is 5. The molecule has 1 unspecified atom stereocenters. The van der Waals surface area contributed by atoms with E-state index in [2.05, 4.69) is 22.0 Å². The molecule has 0 radical (unpaired) electrons. The summed E-state index contributed by atoms with van der Waals surface area (Å²) in [5.74, 6) is 1.46. The number of aromatic nitrogens is 3. The third-order valence-electron chi connectivity index (χ3n) is 3.88. The average Bonchev–Trinajstić information content (AvgIpc) is 3.04. The van der Waals surface area contributed by atoms with E-state index < -0.39 is 6.10 Å². The molecule has 0 fully saturated rings. The molecule has 0 amide bonds. The van der Waals surface area contributed by atoms with E-state index in [9.17, 15) is 5.11 Å².